The maximum atomic E-state index is 13.7. The molecule has 0 fully saturated rings. The zero-order valence-corrected chi connectivity index (χ0v) is 13.6. The van der Waals surface area contributed by atoms with Crippen molar-refractivity contribution in [3.8, 4) is 0 Å². The van der Waals surface area contributed by atoms with Crippen LogP contribution in [0.15, 0.2) is 52.3 Å². The Balaban J connectivity index is 2.03. The van der Waals surface area contributed by atoms with E-state index in [1.165, 1.54) is 29.0 Å². The number of rotatable bonds is 6. The van der Waals surface area contributed by atoms with Crippen LogP contribution in [0.2, 0.25) is 0 Å². The monoisotopic (exact) mass is 303 g/mol. The first-order chi connectivity index (χ1) is 10.1. The van der Waals surface area contributed by atoms with Crippen molar-refractivity contribution in [3.63, 3.8) is 0 Å². The van der Waals surface area contributed by atoms with Gasteiger partial charge in [-0.25, -0.2) is 4.39 Å². The summed E-state index contributed by atoms with van der Waals surface area (Å²) in [5.41, 5.74) is 2.54. The minimum absolute atomic E-state index is 0.164. The average molecular weight is 303 g/mol. The molecule has 0 saturated heterocycles. The number of halogens is 1. The lowest BCUT2D eigenvalue weighted by Crippen LogP contribution is -2.19. The Bertz CT molecular complexity index is 596. The van der Waals surface area contributed by atoms with Crippen LogP contribution in [0.25, 0.3) is 0 Å². The highest BCUT2D eigenvalue weighted by Gasteiger charge is 2.05. The van der Waals surface area contributed by atoms with E-state index in [-0.39, 0.29) is 5.82 Å². The van der Waals surface area contributed by atoms with Gasteiger partial charge in [0.15, 0.2) is 0 Å². The molecule has 0 unspecified atom stereocenters. The third-order valence-corrected chi connectivity index (χ3v) is 4.29. The maximum absolute atomic E-state index is 13.7. The molecule has 0 spiro atoms. The van der Waals surface area contributed by atoms with Gasteiger partial charge in [-0.15, -0.1) is 0 Å². The van der Waals surface area contributed by atoms with Crippen LogP contribution < -0.4 is 5.32 Å². The Morgan fingerprint density at radius 1 is 1.14 bits per heavy atom. The summed E-state index contributed by atoms with van der Waals surface area (Å²) in [6, 6.07) is 13.2. The molecule has 0 saturated carbocycles. The quantitative estimate of drug-likeness (QED) is 0.803. The van der Waals surface area contributed by atoms with Crippen LogP contribution in [-0.4, -0.2) is 6.54 Å². The lowest BCUT2D eigenvalue weighted by Gasteiger charge is -2.11. The molecule has 3 heteroatoms. The Labute approximate surface area is 131 Å². The minimum Gasteiger partial charge on any atom is -0.312 e. The summed E-state index contributed by atoms with van der Waals surface area (Å²) in [6.45, 7) is 8.42. The van der Waals surface area contributed by atoms with Crippen molar-refractivity contribution >= 4 is 11.8 Å². The molecule has 0 aliphatic heterocycles. The predicted molar refractivity (Wildman–Crippen MR) is 88.2 cm³/mol. The molecule has 21 heavy (non-hydrogen) atoms. The van der Waals surface area contributed by atoms with Crippen molar-refractivity contribution < 1.29 is 4.39 Å². The molecule has 0 heterocycles. The molecule has 0 aliphatic rings. The normalized spacial score (nSPS) is 11.1. The third kappa shape index (κ3) is 4.87. The minimum atomic E-state index is -0.164. The van der Waals surface area contributed by atoms with Crippen LogP contribution in [0.5, 0.6) is 0 Å². The zero-order valence-electron chi connectivity index (χ0n) is 12.8. The van der Waals surface area contributed by atoms with E-state index in [0.717, 1.165) is 18.0 Å². The summed E-state index contributed by atoms with van der Waals surface area (Å²) in [6.07, 6.45) is 0. The van der Waals surface area contributed by atoms with Gasteiger partial charge in [0.25, 0.3) is 0 Å². The standard InChI is InChI=1S/C18H22FNS/c1-13(2)11-20-12-15-8-9-16(10-14(15)3)21-18-7-5-4-6-17(18)19/h4-10,13,20H,11-12H2,1-3H3. The Morgan fingerprint density at radius 2 is 1.90 bits per heavy atom. The predicted octanol–water partition coefficient (Wildman–Crippen LogP) is 5.03. The van der Waals surface area contributed by atoms with Crippen molar-refractivity contribution in [2.75, 3.05) is 6.54 Å². The second-order valence-electron chi connectivity index (χ2n) is 5.65. The first-order valence-corrected chi connectivity index (χ1v) is 8.10. The molecule has 0 amide bonds. The summed E-state index contributed by atoms with van der Waals surface area (Å²) < 4.78 is 13.7. The summed E-state index contributed by atoms with van der Waals surface area (Å²) in [4.78, 5) is 1.74. The van der Waals surface area contributed by atoms with Crippen molar-refractivity contribution in [1.82, 2.24) is 5.32 Å². The first kappa shape index (κ1) is 16.1. The van der Waals surface area contributed by atoms with Crippen molar-refractivity contribution in [1.29, 1.82) is 0 Å². The molecule has 2 aromatic carbocycles. The molecule has 1 N–H and O–H groups in total. The molecule has 0 radical (unpaired) electrons. The Morgan fingerprint density at radius 3 is 2.57 bits per heavy atom. The SMILES string of the molecule is Cc1cc(Sc2ccccc2F)ccc1CNCC(C)C. The molecule has 0 aliphatic carbocycles. The van der Waals surface area contributed by atoms with E-state index in [1.54, 1.807) is 6.07 Å². The van der Waals surface area contributed by atoms with Crippen molar-refractivity contribution in [2.24, 2.45) is 5.92 Å². The van der Waals surface area contributed by atoms with Gasteiger partial charge in [0.1, 0.15) is 5.82 Å². The molecule has 0 bridgehead atoms. The highest BCUT2D eigenvalue weighted by molar-refractivity contribution is 7.99. The molecule has 0 atom stereocenters. The second kappa shape index (κ2) is 7.62. The average Bonchev–Trinajstić information content (AvgIpc) is 2.43. The van der Waals surface area contributed by atoms with Gasteiger partial charge in [-0.05, 0) is 54.8 Å². The van der Waals surface area contributed by atoms with Crippen LogP contribution in [-0.2, 0) is 6.54 Å². The third-order valence-electron chi connectivity index (χ3n) is 3.25. The Kier molecular flexibility index (Phi) is 5.83. The van der Waals surface area contributed by atoms with Crippen molar-refractivity contribution in [3.05, 3.63) is 59.4 Å². The summed E-state index contributed by atoms with van der Waals surface area (Å²) in [5.74, 6) is 0.490. The summed E-state index contributed by atoms with van der Waals surface area (Å²) in [5, 5.41) is 3.45. The summed E-state index contributed by atoms with van der Waals surface area (Å²) in [7, 11) is 0. The van der Waals surface area contributed by atoms with Gasteiger partial charge in [0.05, 0.1) is 0 Å². The van der Waals surface area contributed by atoms with Gasteiger partial charge in [-0.3, -0.25) is 0 Å². The number of hydrogen-bond donors (Lipinski definition) is 1. The molecule has 2 aromatic rings. The zero-order chi connectivity index (χ0) is 15.2. The van der Waals surface area contributed by atoms with Crippen LogP contribution in [0, 0.1) is 18.7 Å². The first-order valence-electron chi connectivity index (χ1n) is 7.29. The smallest absolute Gasteiger partial charge is 0.137 e. The molecular weight excluding hydrogens is 281 g/mol. The number of hydrogen-bond acceptors (Lipinski definition) is 2. The van der Waals surface area contributed by atoms with E-state index in [2.05, 4.69) is 44.3 Å². The molecule has 2 rings (SSSR count). The number of nitrogens with one attached hydrogen (secondary N) is 1. The molecule has 1 nitrogen and oxygen atoms in total. The van der Waals surface area contributed by atoms with E-state index in [9.17, 15) is 4.39 Å². The van der Waals surface area contributed by atoms with Crippen LogP contribution in [0.3, 0.4) is 0 Å². The fraction of sp³-hybridized carbons (Fsp3) is 0.333. The van der Waals surface area contributed by atoms with Gasteiger partial charge in [0, 0.05) is 16.3 Å². The number of aryl methyl sites for hydroxylation is 1. The molecular formula is C18H22FNS. The second-order valence-corrected chi connectivity index (χ2v) is 6.76. The van der Waals surface area contributed by atoms with Gasteiger partial charge in [-0.2, -0.15) is 0 Å². The van der Waals surface area contributed by atoms with Gasteiger partial charge in [0.2, 0.25) is 0 Å². The van der Waals surface area contributed by atoms with Gasteiger partial charge in [-0.1, -0.05) is 43.8 Å². The fourth-order valence-corrected chi connectivity index (χ4v) is 3.02. The van der Waals surface area contributed by atoms with Crippen LogP contribution in [0.1, 0.15) is 25.0 Å². The molecule has 0 aromatic heterocycles. The highest BCUT2D eigenvalue weighted by atomic mass is 32.2. The maximum Gasteiger partial charge on any atom is 0.137 e. The topological polar surface area (TPSA) is 12.0 Å². The fourth-order valence-electron chi connectivity index (χ4n) is 2.08. The molecule has 112 valence electrons. The highest BCUT2D eigenvalue weighted by Crippen LogP contribution is 2.30. The van der Waals surface area contributed by atoms with Crippen LogP contribution >= 0.6 is 11.8 Å². The Hall–Kier alpha value is -1.32. The van der Waals surface area contributed by atoms with Gasteiger partial charge >= 0.3 is 0 Å². The van der Waals surface area contributed by atoms with Crippen molar-refractivity contribution in [2.45, 2.75) is 37.1 Å². The largest absolute Gasteiger partial charge is 0.312 e. The lowest BCUT2D eigenvalue weighted by molar-refractivity contribution is 0.551. The summed E-state index contributed by atoms with van der Waals surface area (Å²) >= 11 is 1.47. The van der Waals surface area contributed by atoms with E-state index in [1.807, 2.05) is 12.1 Å². The van der Waals surface area contributed by atoms with E-state index < -0.39 is 0 Å². The van der Waals surface area contributed by atoms with Crippen LogP contribution in [0.4, 0.5) is 4.39 Å². The van der Waals surface area contributed by atoms with E-state index in [0.29, 0.717) is 10.8 Å². The lowest BCUT2D eigenvalue weighted by atomic mass is 10.1. The van der Waals surface area contributed by atoms with Gasteiger partial charge < -0.3 is 5.32 Å². The van der Waals surface area contributed by atoms with E-state index >= 15 is 0 Å². The number of benzene rings is 2. The van der Waals surface area contributed by atoms with E-state index in [4.69, 9.17) is 0 Å².